The van der Waals surface area contributed by atoms with Gasteiger partial charge in [-0.15, -0.1) is 0 Å². The normalized spacial score (nSPS) is 11.9. The molecule has 1 unspecified atom stereocenters. The molecule has 1 aromatic heterocycles. The van der Waals surface area contributed by atoms with Gasteiger partial charge in [0.25, 0.3) is 5.56 Å². The molecule has 0 radical (unpaired) electrons. The van der Waals surface area contributed by atoms with E-state index in [0.717, 1.165) is 5.56 Å². The molecule has 104 valence electrons. The van der Waals surface area contributed by atoms with Gasteiger partial charge in [-0.3, -0.25) is 9.59 Å². The van der Waals surface area contributed by atoms with Crippen molar-refractivity contribution < 1.29 is 4.79 Å². The quantitative estimate of drug-likeness (QED) is 0.895. The van der Waals surface area contributed by atoms with Crippen LogP contribution >= 0.6 is 0 Å². The van der Waals surface area contributed by atoms with Crippen LogP contribution in [-0.2, 0) is 4.79 Å². The number of aromatic nitrogens is 1. The average molecular weight is 271 g/mol. The van der Waals surface area contributed by atoms with E-state index in [4.69, 9.17) is 5.73 Å². The Morgan fingerprint density at radius 2 is 1.85 bits per heavy atom. The number of nitrogens with zero attached hydrogens (tertiary/aromatic N) is 1. The average Bonchev–Trinajstić information content (AvgIpc) is 2.43. The summed E-state index contributed by atoms with van der Waals surface area (Å²) in [7, 11) is 0. The Kier molecular flexibility index (Phi) is 3.89. The molecule has 5 nitrogen and oxygen atoms in total. The SMILES string of the molecule is Cc1ccc(NC(=O)C(C)n2cc(N)ccc2=O)cc1. The number of nitrogens with two attached hydrogens (primary N) is 1. The fourth-order valence-corrected chi connectivity index (χ4v) is 1.83. The van der Waals surface area contributed by atoms with Crippen LogP contribution in [-0.4, -0.2) is 10.5 Å². The number of nitrogens with one attached hydrogen (secondary N) is 1. The van der Waals surface area contributed by atoms with Crippen LogP contribution in [0.4, 0.5) is 11.4 Å². The van der Waals surface area contributed by atoms with Crippen LogP contribution in [0, 0.1) is 6.92 Å². The van der Waals surface area contributed by atoms with Crippen molar-refractivity contribution in [2.45, 2.75) is 19.9 Å². The van der Waals surface area contributed by atoms with Crippen LogP contribution in [0.1, 0.15) is 18.5 Å². The molecular formula is C15H17N3O2. The maximum absolute atomic E-state index is 12.1. The smallest absolute Gasteiger partial charge is 0.251 e. The van der Waals surface area contributed by atoms with E-state index in [1.165, 1.54) is 22.9 Å². The van der Waals surface area contributed by atoms with Gasteiger partial charge in [-0.2, -0.15) is 0 Å². The Balaban J connectivity index is 2.18. The van der Waals surface area contributed by atoms with Crippen molar-refractivity contribution in [1.82, 2.24) is 4.57 Å². The molecule has 0 aliphatic heterocycles. The van der Waals surface area contributed by atoms with Gasteiger partial charge in [0.1, 0.15) is 6.04 Å². The maximum atomic E-state index is 12.1. The molecule has 0 aliphatic rings. The molecule has 20 heavy (non-hydrogen) atoms. The Hall–Kier alpha value is -2.56. The van der Waals surface area contributed by atoms with Crippen LogP contribution < -0.4 is 16.6 Å². The number of carbonyl (C=O) groups excluding carboxylic acids is 1. The van der Waals surface area contributed by atoms with E-state index >= 15 is 0 Å². The lowest BCUT2D eigenvalue weighted by Gasteiger charge is -2.15. The van der Waals surface area contributed by atoms with Gasteiger partial charge < -0.3 is 15.6 Å². The second-order valence-corrected chi connectivity index (χ2v) is 4.74. The third-order valence-electron chi connectivity index (χ3n) is 3.08. The van der Waals surface area contributed by atoms with Gasteiger partial charge >= 0.3 is 0 Å². The largest absolute Gasteiger partial charge is 0.398 e. The topological polar surface area (TPSA) is 77.1 Å². The number of rotatable bonds is 3. The highest BCUT2D eigenvalue weighted by atomic mass is 16.2. The molecule has 0 bridgehead atoms. The van der Waals surface area contributed by atoms with Crippen molar-refractivity contribution in [3.63, 3.8) is 0 Å². The van der Waals surface area contributed by atoms with Crippen molar-refractivity contribution in [3.8, 4) is 0 Å². The summed E-state index contributed by atoms with van der Waals surface area (Å²) in [5.41, 5.74) is 7.64. The van der Waals surface area contributed by atoms with Crippen molar-refractivity contribution in [1.29, 1.82) is 0 Å². The maximum Gasteiger partial charge on any atom is 0.251 e. The highest BCUT2D eigenvalue weighted by Gasteiger charge is 2.16. The summed E-state index contributed by atoms with van der Waals surface area (Å²) in [5.74, 6) is -0.262. The first kappa shape index (κ1) is 13.9. The van der Waals surface area contributed by atoms with Crippen molar-refractivity contribution in [2.75, 3.05) is 11.1 Å². The molecule has 5 heteroatoms. The lowest BCUT2D eigenvalue weighted by atomic mass is 10.2. The third-order valence-corrected chi connectivity index (χ3v) is 3.08. The fourth-order valence-electron chi connectivity index (χ4n) is 1.83. The number of pyridine rings is 1. The molecule has 0 saturated heterocycles. The van der Waals surface area contributed by atoms with Crippen LogP contribution in [0.15, 0.2) is 47.4 Å². The summed E-state index contributed by atoms with van der Waals surface area (Å²) in [5, 5.41) is 2.77. The van der Waals surface area contributed by atoms with E-state index in [9.17, 15) is 9.59 Å². The van der Waals surface area contributed by atoms with Crippen molar-refractivity contribution in [3.05, 3.63) is 58.5 Å². The third kappa shape index (κ3) is 3.06. The monoisotopic (exact) mass is 271 g/mol. The minimum absolute atomic E-state index is 0.259. The Bertz CT molecular complexity index is 674. The molecule has 2 aromatic rings. The number of hydrogen-bond donors (Lipinski definition) is 2. The van der Waals surface area contributed by atoms with Crippen molar-refractivity contribution >= 4 is 17.3 Å². The van der Waals surface area contributed by atoms with Gasteiger partial charge in [-0.25, -0.2) is 0 Å². The molecule has 0 spiro atoms. The molecule has 1 amide bonds. The van der Waals surface area contributed by atoms with E-state index in [-0.39, 0.29) is 11.5 Å². The number of aryl methyl sites for hydroxylation is 1. The zero-order chi connectivity index (χ0) is 14.7. The highest BCUT2D eigenvalue weighted by Crippen LogP contribution is 2.12. The summed E-state index contributed by atoms with van der Waals surface area (Å²) in [4.78, 5) is 23.9. The minimum atomic E-state index is -0.632. The van der Waals surface area contributed by atoms with Crippen LogP contribution in [0.5, 0.6) is 0 Å². The summed E-state index contributed by atoms with van der Waals surface area (Å²) in [6.07, 6.45) is 1.47. The van der Waals surface area contributed by atoms with Crippen molar-refractivity contribution in [2.24, 2.45) is 0 Å². The number of anilines is 2. The van der Waals surface area contributed by atoms with Crippen LogP contribution in [0.2, 0.25) is 0 Å². The zero-order valence-electron chi connectivity index (χ0n) is 11.5. The summed E-state index contributed by atoms with van der Waals surface area (Å²) in [6, 6.07) is 9.70. The zero-order valence-corrected chi connectivity index (χ0v) is 11.5. The Labute approximate surface area is 117 Å². The molecule has 2 rings (SSSR count). The predicted molar refractivity (Wildman–Crippen MR) is 79.6 cm³/mol. The molecular weight excluding hydrogens is 254 g/mol. The second-order valence-electron chi connectivity index (χ2n) is 4.74. The second kappa shape index (κ2) is 5.61. The molecule has 1 aromatic carbocycles. The summed E-state index contributed by atoms with van der Waals surface area (Å²) in [6.45, 7) is 3.63. The lowest BCUT2D eigenvalue weighted by Crippen LogP contribution is -2.31. The van der Waals surface area contributed by atoms with Crippen LogP contribution in [0.3, 0.4) is 0 Å². The van der Waals surface area contributed by atoms with Crippen LogP contribution in [0.25, 0.3) is 0 Å². The first-order valence-electron chi connectivity index (χ1n) is 6.32. The summed E-state index contributed by atoms with van der Waals surface area (Å²) >= 11 is 0. The molecule has 0 aliphatic carbocycles. The van der Waals surface area contributed by atoms with E-state index < -0.39 is 6.04 Å². The van der Waals surface area contributed by atoms with Gasteiger partial charge in [-0.05, 0) is 32.0 Å². The lowest BCUT2D eigenvalue weighted by molar-refractivity contribution is -0.118. The van der Waals surface area contributed by atoms with E-state index in [1.54, 1.807) is 6.92 Å². The van der Waals surface area contributed by atoms with E-state index in [2.05, 4.69) is 5.32 Å². The van der Waals surface area contributed by atoms with Gasteiger partial charge in [-0.1, -0.05) is 17.7 Å². The number of nitrogen functional groups attached to an aromatic ring is 1. The van der Waals surface area contributed by atoms with E-state index in [1.807, 2.05) is 31.2 Å². The fraction of sp³-hybridized carbons (Fsp3) is 0.200. The van der Waals surface area contributed by atoms with Gasteiger partial charge in [0.05, 0.1) is 0 Å². The molecule has 0 fully saturated rings. The summed E-state index contributed by atoms with van der Waals surface area (Å²) < 4.78 is 1.32. The number of hydrogen-bond acceptors (Lipinski definition) is 3. The Morgan fingerprint density at radius 3 is 2.50 bits per heavy atom. The first-order valence-corrected chi connectivity index (χ1v) is 6.32. The standard InChI is InChI=1S/C15H17N3O2/c1-10-3-6-13(7-4-10)17-15(20)11(2)18-9-12(16)5-8-14(18)19/h3-9,11H,16H2,1-2H3,(H,17,20). The van der Waals surface area contributed by atoms with E-state index in [0.29, 0.717) is 11.4 Å². The number of carbonyl (C=O) groups is 1. The highest BCUT2D eigenvalue weighted by molar-refractivity contribution is 5.93. The molecule has 1 atom stereocenters. The first-order chi connectivity index (χ1) is 9.47. The van der Waals surface area contributed by atoms with Gasteiger partial charge in [0, 0.05) is 23.6 Å². The Morgan fingerprint density at radius 1 is 1.20 bits per heavy atom. The molecule has 0 saturated carbocycles. The minimum Gasteiger partial charge on any atom is -0.398 e. The molecule has 1 heterocycles. The number of benzene rings is 1. The molecule has 3 N–H and O–H groups in total. The predicted octanol–water partition coefficient (Wildman–Crippen LogP) is 1.94. The number of amides is 1. The van der Waals surface area contributed by atoms with Gasteiger partial charge in [0.15, 0.2) is 0 Å². The van der Waals surface area contributed by atoms with Gasteiger partial charge in [0.2, 0.25) is 5.91 Å².